The van der Waals surface area contributed by atoms with Crippen LogP contribution in [0.25, 0.3) is 21.3 Å². The first-order valence-corrected chi connectivity index (χ1v) is 7.31. The molecule has 0 spiro atoms. The summed E-state index contributed by atoms with van der Waals surface area (Å²) in [6, 6.07) is 0. The summed E-state index contributed by atoms with van der Waals surface area (Å²) in [6.45, 7) is 3.73. The Bertz CT molecular complexity index is 906. The van der Waals surface area contributed by atoms with Crippen LogP contribution in [0.15, 0.2) is 11.0 Å². The number of esters is 1. The van der Waals surface area contributed by atoms with Crippen molar-refractivity contribution in [3.05, 3.63) is 21.6 Å². The van der Waals surface area contributed by atoms with Gasteiger partial charge in [0.2, 0.25) is 0 Å². The Labute approximate surface area is 123 Å². The van der Waals surface area contributed by atoms with Crippen LogP contribution >= 0.6 is 11.3 Å². The summed E-state index contributed by atoms with van der Waals surface area (Å²) >= 11 is 1.53. The van der Waals surface area contributed by atoms with E-state index in [4.69, 9.17) is 4.74 Å². The van der Waals surface area contributed by atoms with Crippen LogP contribution in [-0.4, -0.2) is 31.9 Å². The first-order valence-electron chi connectivity index (χ1n) is 6.50. The predicted molar refractivity (Wildman–Crippen MR) is 79.5 cm³/mol. The maximum absolute atomic E-state index is 12.5. The smallest absolute Gasteiger partial charge is 0.327 e. The number of nitrogens with zero attached hydrogens (tertiary/aromatic N) is 4. The third kappa shape index (κ3) is 2.11. The zero-order valence-corrected chi connectivity index (χ0v) is 12.7. The van der Waals surface area contributed by atoms with Gasteiger partial charge in [-0.3, -0.25) is 9.59 Å². The van der Waals surface area contributed by atoms with E-state index < -0.39 is 5.97 Å². The fourth-order valence-electron chi connectivity index (χ4n) is 2.34. The number of aryl methyl sites for hydroxylation is 2. The summed E-state index contributed by atoms with van der Waals surface area (Å²) in [6.07, 6.45) is 1.61. The van der Waals surface area contributed by atoms with Crippen molar-refractivity contribution < 1.29 is 9.53 Å². The molecule has 0 radical (unpaired) electrons. The van der Waals surface area contributed by atoms with Gasteiger partial charge in [0, 0.05) is 12.4 Å². The highest BCUT2D eigenvalue weighted by Crippen LogP contribution is 2.30. The minimum atomic E-state index is -0.476. The van der Waals surface area contributed by atoms with Gasteiger partial charge in [-0.05, 0) is 13.8 Å². The summed E-state index contributed by atoms with van der Waals surface area (Å²) in [5.41, 5.74) is 0.953. The molecule has 0 aliphatic heterocycles. The third-order valence-corrected chi connectivity index (χ3v) is 4.21. The first kappa shape index (κ1) is 13.7. The highest BCUT2D eigenvalue weighted by molar-refractivity contribution is 7.19. The Kier molecular flexibility index (Phi) is 3.25. The highest BCUT2D eigenvalue weighted by Gasteiger charge is 2.18. The molecule has 0 amide bonds. The van der Waals surface area contributed by atoms with E-state index >= 15 is 0 Å². The van der Waals surface area contributed by atoms with Gasteiger partial charge >= 0.3 is 5.97 Å². The summed E-state index contributed by atoms with van der Waals surface area (Å²) < 4.78 is 8.66. The van der Waals surface area contributed by atoms with Crippen LogP contribution in [0.5, 0.6) is 0 Å². The van der Waals surface area contributed by atoms with Gasteiger partial charge in [-0.2, -0.15) is 5.10 Å². The summed E-state index contributed by atoms with van der Waals surface area (Å²) in [5.74, 6) is -0.476. The second-order valence-corrected chi connectivity index (χ2v) is 5.82. The lowest BCUT2D eigenvalue weighted by atomic mass is 10.3. The molecule has 110 valence electrons. The van der Waals surface area contributed by atoms with E-state index in [0.717, 1.165) is 25.4 Å². The van der Waals surface area contributed by atoms with Crippen molar-refractivity contribution in [2.45, 2.75) is 20.4 Å². The molecule has 7 nitrogen and oxygen atoms in total. The second-order valence-electron chi connectivity index (χ2n) is 4.62. The summed E-state index contributed by atoms with van der Waals surface area (Å²) in [4.78, 5) is 28.4. The zero-order valence-electron chi connectivity index (χ0n) is 11.9. The van der Waals surface area contributed by atoms with Gasteiger partial charge in [0.05, 0.1) is 22.5 Å². The number of hydrogen-bond acceptors (Lipinski definition) is 6. The molecule has 0 aliphatic rings. The molecule has 0 aliphatic carbocycles. The van der Waals surface area contributed by atoms with Crippen LogP contribution in [-0.2, 0) is 23.1 Å². The fourth-order valence-corrected chi connectivity index (χ4v) is 3.30. The van der Waals surface area contributed by atoms with Crippen LogP contribution in [0.3, 0.4) is 0 Å². The third-order valence-electron chi connectivity index (χ3n) is 3.22. The number of carbonyl (C=O) groups excluding carboxylic acids is 1. The van der Waals surface area contributed by atoms with E-state index in [1.807, 2.05) is 6.92 Å². The van der Waals surface area contributed by atoms with Gasteiger partial charge in [0.25, 0.3) is 5.56 Å². The number of carbonyl (C=O) groups is 1. The SMILES string of the molecule is CCOC(=O)Cn1ncc2c3sc(C)nc3n(C)c2c1=O. The van der Waals surface area contributed by atoms with Crippen molar-refractivity contribution in [3.63, 3.8) is 0 Å². The Morgan fingerprint density at radius 2 is 2.24 bits per heavy atom. The van der Waals surface area contributed by atoms with Crippen molar-refractivity contribution in [2.75, 3.05) is 6.61 Å². The molecule has 0 atom stereocenters. The van der Waals surface area contributed by atoms with Gasteiger partial charge < -0.3 is 9.30 Å². The Hall–Kier alpha value is -2.22. The molecule has 21 heavy (non-hydrogen) atoms. The second kappa shape index (κ2) is 4.96. The molecule has 3 rings (SSSR count). The van der Waals surface area contributed by atoms with Crippen molar-refractivity contribution in [2.24, 2.45) is 7.05 Å². The van der Waals surface area contributed by atoms with Gasteiger partial charge in [0.1, 0.15) is 12.1 Å². The van der Waals surface area contributed by atoms with Crippen LogP contribution < -0.4 is 5.56 Å². The van der Waals surface area contributed by atoms with E-state index in [2.05, 4.69) is 10.1 Å². The van der Waals surface area contributed by atoms with Crippen molar-refractivity contribution in [3.8, 4) is 0 Å². The van der Waals surface area contributed by atoms with Gasteiger partial charge in [-0.25, -0.2) is 9.67 Å². The first-order chi connectivity index (χ1) is 10.0. The van der Waals surface area contributed by atoms with E-state index in [9.17, 15) is 9.59 Å². The van der Waals surface area contributed by atoms with Crippen LogP contribution in [0.4, 0.5) is 0 Å². The van der Waals surface area contributed by atoms with Crippen LogP contribution in [0.2, 0.25) is 0 Å². The molecule has 0 N–H and O–H groups in total. The lowest BCUT2D eigenvalue weighted by molar-refractivity contribution is -0.144. The summed E-state index contributed by atoms with van der Waals surface area (Å²) in [5, 5.41) is 5.78. The molecule has 8 heteroatoms. The molecular weight excluding hydrogens is 292 g/mol. The molecule has 0 aromatic carbocycles. The molecule has 0 unspecified atom stereocenters. The van der Waals surface area contributed by atoms with E-state index in [1.54, 1.807) is 24.7 Å². The van der Waals surface area contributed by atoms with Crippen LogP contribution in [0, 0.1) is 6.92 Å². The average molecular weight is 306 g/mol. The normalized spacial score (nSPS) is 11.4. The Morgan fingerprint density at radius 3 is 2.95 bits per heavy atom. The largest absolute Gasteiger partial charge is 0.465 e. The zero-order chi connectivity index (χ0) is 15.1. The maximum atomic E-state index is 12.5. The molecule has 0 saturated heterocycles. The van der Waals surface area contributed by atoms with Crippen LogP contribution in [0.1, 0.15) is 11.9 Å². The number of fused-ring (bicyclic) bond motifs is 3. The van der Waals surface area contributed by atoms with E-state index in [-0.39, 0.29) is 18.7 Å². The molecule has 0 saturated carbocycles. The van der Waals surface area contributed by atoms with Crippen molar-refractivity contribution >= 4 is 38.6 Å². The standard InChI is InChI=1S/C13H14N4O3S/c1-4-20-9(18)6-17-13(19)10-8(5-14-17)11-12(16(10)3)15-7(2)21-11/h5H,4,6H2,1-3H3. The minimum absolute atomic E-state index is 0.187. The van der Waals surface area contributed by atoms with Gasteiger partial charge in [-0.1, -0.05) is 0 Å². The van der Waals surface area contributed by atoms with Gasteiger partial charge in [0.15, 0.2) is 5.65 Å². The average Bonchev–Trinajstić information content (AvgIpc) is 2.92. The topological polar surface area (TPSA) is 79.0 Å². The number of thiazole rings is 1. The maximum Gasteiger partial charge on any atom is 0.327 e. The molecule has 0 bridgehead atoms. The quantitative estimate of drug-likeness (QED) is 0.680. The predicted octanol–water partition coefficient (Wildman–Crippen LogP) is 1.22. The molecule has 3 aromatic heterocycles. The van der Waals surface area contributed by atoms with Gasteiger partial charge in [-0.15, -0.1) is 11.3 Å². The van der Waals surface area contributed by atoms with Crippen molar-refractivity contribution in [1.82, 2.24) is 19.3 Å². The Balaban J connectivity index is 2.19. The molecule has 0 fully saturated rings. The molecule has 3 aromatic rings. The number of aromatic nitrogens is 4. The lowest BCUT2D eigenvalue weighted by Gasteiger charge is -2.05. The minimum Gasteiger partial charge on any atom is -0.465 e. The fraction of sp³-hybridized carbons (Fsp3) is 0.385. The lowest BCUT2D eigenvalue weighted by Crippen LogP contribution is -2.28. The monoisotopic (exact) mass is 306 g/mol. The Morgan fingerprint density at radius 1 is 1.48 bits per heavy atom. The van der Waals surface area contributed by atoms with E-state index in [1.165, 1.54) is 11.3 Å². The highest BCUT2D eigenvalue weighted by atomic mass is 32.1. The van der Waals surface area contributed by atoms with E-state index in [0.29, 0.717) is 5.52 Å². The number of ether oxygens (including phenoxy) is 1. The van der Waals surface area contributed by atoms with Crippen molar-refractivity contribution in [1.29, 1.82) is 0 Å². The molecule has 3 heterocycles. The summed E-state index contributed by atoms with van der Waals surface area (Å²) in [7, 11) is 1.79. The molecular formula is C13H14N4O3S. The number of rotatable bonds is 3. The number of hydrogen-bond donors (Lipinski definition) is 0.